The number of urea groups is 1. The fourth-order valence-electron chi connectivity index (χ4n) is 2.29. The van der Waals surface area contributed by atoms with Gasteiger partial charge in [0.25, 0.3) is 11.8 Å². The third kappa shape index (κ3) is 3.38. The van der Waals surface area contributed by atoms with E-state index in [1.165, 1.54) is 38.4 Å². The normalized spacial score (nSPS) is 17.6. The van der Waals surface area contributed by atoms with Gasteiger partial charge in [-0.1, -0.05) is 39.7 Å². The summed E-state index contributed by atoms with van der Waals surface area (Å²) in [5.74, 6) is -0.659. The average molecular weight is 342 g/mol. The van der Waals surface area contributed by atoms with Crippen LogP contribution in [0.3, 0.4) is 0 Å². The molecule has 1 fully saturated rings. The van der Waals surface area contributed by atoms with Gasteiger partial charge in [-0.2, -0.15) is 0 Å². The lowest BCUT2D eigenvalue weighted by Crippen LogP contribution is -2.53. The Bertz CT molecular complexity index is 727. The monoisotopic (exact) mass is 342 g/mol. The van der Waals surface area contributed by atoms with E-state index in [0.717, 1.165) is 9.80 Å². The van der Waals surface area contributed by atoms with Crippen LogP contribution in [0.25, 0.3) is 0 Å². The highest BCUT2D eigenvalue weighted by Gasteiger charge is 2.40. The van der Waals surface area contributed by atoms with Crippen LogP contribution < -0.4 is 0 Å². The molecule has 1 saturated heterocycles. The Kier molecular flexibility index (Phi) is 6.45. The topological polar surface area (TPSA) is 66.9 Å². The molecular weight excluding hydrogens is 320 g/mol. The highest BCUT2D eigenvalue weighted by molar-refractivity contribution is 6.29. The van der Waals surface area contributed by atoms with Crippen molar-refractivity contribution in [1.29, 1.82) is 0 Å². The number of likely N-dealkylation sites (N-methyl/N-ethyl adjacent to an activating group) is 2. The maximum absolute atomic E-state index is 12.5. The van der Waals surface area contributed by atoms with Gasteiger partial charge in [-0.05, 0) is 18.2 Å². The maximum Gasteiger partial charge on any atom is 0.333 e. The molecule has 0 atom stereocenters. The Morgan fingerprint density at radius 1 is 0.920 bits per heavy atom. The number of ether oxygens (including phenoxy) is 1. The summed E-state index contributed by atoms with van der Waals surface area (Å²) in [6.07, 6.45) is 5.87. The van der Waals surface area contributed by atoms with E-state index in [1.54, 1.807) is 0 Å². The second-order valence-corrected chi connectivity index (χ2v) is 4.84. The number of nitrogens with zero attached hydrogens (tertiary/aromatic N) is 2. The Balaban J connectivity index is 0.00000151. The predicted octanol–water partition coefficient (Wildman–Crippen LogP) is 3.09. The second kappa shape index (κ2) is 8.10. The molecule has 2 heterocycles. The zero-order chi connectivity index (χ0) is 19.3. The molecule has 0 aliphatic carbocycles. The molecule has 6 nitrogen and oxygen atoms in total. The van der Waals surface area contributed by atoms with Crippen LogP contribution in [0.1, 0.15) is 13.8 Å². The van der Waals surface area contributed by atoms with Crippen LogP contribution in [0.4, 0.5) is 4.79 Å². The Labute approximate surface area is 147 Å². The van der Waals surface area contributed by atoms with Gasteiger partial charge in [0.1, 0.15) is 17.1 Å². The molecule has 0 aromatic heterocycles. The molecule has 0 bridgehead atoms. The summed E-state index contributed by atoms with van der Waals surface area (Å²) in [4.78, 5) is 38.5. The molecule has 0 aromatic carbocycles. The van der Waals surface area contributed by atoms with E-state index in [0.29, 0.717) is 22.7 Å². The first-order chi connectivity index (χ1) is 11.9. The van der Waals surface area contributed by atoms with Crippen LogP contribution in [-0.2, 0) is 14.3 Å². The molecule has 4 amide bonds. The van der Waals surface area contributed by atoms with Crippen molar-refractivity contribution in [2.45, 2.75) is 13.8 Å². The van der Waals surface area contributed by atoms with E-state index in [9.17, 15) is 14.4 Å². The van der Waals surface area contributed by atoms with Crippen molar-refractivity contribution in [2.24, 2.45) is 0 Å². The number of hydrogen-bond acceptors (Lipinski definition) is 4. The molecule has 0 spiro atoms. The minimum atomic E-state index is -0.683. The second-order valence-electron chi connectivity index (χ2n) is 4.84. The summed E-state index contributed by atoms with van der Waals surface area (Å²) in [5, 5.41) is 0. The largest absolute Gasteiger partial charge is 0.457 e. The fourth-order valence-corrected chi connectivity index (χ4v) is 2.29. The van der Waals surface area contributed by atoms with Crippen LogP contribution in [0.5, 0.6) is 0 Å². The van der Waals surface area contributed by atoms with Gasteiger partial charge in [0.05, 0.1) is 0 Å². The van der Waals surface area contributed by atoms with Crippen molar-refractivity contribution in [2.75, 3.05) is 14.1 Å². The number of rotatable bonds is 3. The van der Waals surface area contributed by atoms with Crippen LogP contribution in [0.15, 0.2) is 72.3 Å². The van der Waals surface area contributed by atoms with Crippen molar-refractivity contribution < 1.29 is 19.1 Å². The van der Waals surface area contributed by atoms with Gasteiger partial charge >= 0.3 is 6.03 Å². The number of carbonyl (C=O) groups is 3. The molecule has 0 aromatic rings. The molecule has 2 aliphatic rings. The number of amides is 4. The van der Waals surface area contributed by atoms with Crippen LogP contribution in [-0.4, -0.2) is 41.7 Å². The first-order valence-electron chi connectivity index (χ1n) is 7.73. The smallest absolute Gasteiger partial charge is 0.333 e. The Morgan fingerprint density at radius 3 is 1.84 bits per heavy atom. The standard InChI is InChI=1S/C17H16N2O4.C2H6/c1-6-10-9-12(11(7-2)13(8-3)23-10)14-15(20)18(4)17(22)19(5)16(14)21;1-2/h6-9H,1-3H2,4-5H3;1-2H3. The molecule has 0 N–H and O–H groups in total. The predicted molar refractivity (Wildman–Crippen MR) is 96.1 cm³/mol. The lowest BCUT2D eigenvalue weighted by atomic mass is 9.93. The van der Waals surface area contributed by atoms with Crippen molar-refractivity contribution in [1.82, 2.24) is 9.80 Å². The number of barbiturate groups is 1. The minimum Gasteiger partial charge on any atom is -0.457 e. The summed E-state index contributed by atoms with van der Waals surface area (Å²) >= 11 is 0. The molecular formula is C19H22N2O4. The molecule has 132 valence electrons. The van der Waals surface area contributed by atoms with Crippen molar-refractivity contribution >= 4 is 17.8 Å². The van der Waals surface area contributed by atoms with Gasteiger partial charge in [0.15, 0.2) is 0 Å². The van der Waals surface area contributed by atoms with Crippen LogP contribution >= 0.6 is 0 Å². The number of carbonyl (C=O) groups excluding carboxylic acids is 3. The zero-order valence-corrected chi connectivity index (χ0v) is 15.0. The summed E-state index contributed by atoms with van der Waals surface area (Å²) < 4.78 is 5.54. The van der Waals surface area contributed by atoms with Gasteiger partial charge in [0, 0.05) is 25.2 Å². The highest BCUT2D eigenvalue weighted by atomic mass is 16.5. The average Bonchev–Trinajstić information content (AvgIpc) is 2.65. The maximum atomic E-state index is 12.5. The Morgan fingerprint density at radius 2 is 1.44 bits per heavy atom. The fraction of sp³-hybridized carbons (Fsp3) is 0.211. The minimum absolute atomic E-state index is 0.133. The van der Waals surface area contributed by atoms with E-state index in [1.807, 2.05) is 13.8 Å². The number of imide groups is 2. The van der Waals surface area contributed by atoms with E-state index < -0.39 is 17.8 Å². The van der Waals surface area contributed by atoms with Gasteiger partial charge in [-0.3, -0.25) is 19.4 Å². The third-order valence-electron chi connectivity index (χ3n) is 3.54. The third-order valence-corrected chi connectivity index (χ3v) is 3.54. The summed E-state index contributed by atoms with van der Waals surface area (Å²) in [7, 11) is 2.63. The van der Waals surface area contributed by atoms with Crippen LogP contribution in [0, 0.1) is 0 Å². The summed E-state index contributed by atoms with van der Waals surface area (Å²) in [6, 6.07) is -0.683. The number of hydrogen-bond donors (Lipinski definition) is 0. The molecule has 6 heteroatoms. The zero-order valence-electron chi connectivity index (χ0n) is 15.0. The van der Waals surface area contributed by atoms with Gasteiger partial charge in [0.2, 0.25) is 0 Å². The first kappa shape index (κ1) is 19.9. The summed E-state index contributed by atoms with van der Waals surface area (Å²) in [6.45, 7) is 15.0. The van der Waals surface area contributed by atoms with Gasteiger partial charge < -0.3 is 4.74 Å². The van der Waals surface area contributed by atoms with Crippen molar-refractivity contribution in [3.8, 4) is 0 Å². The molecule has 2 aliphatic heterocycles. The van der Waals surface area contributed by atoms with Gasteiger partial charge in [-0.25, -0.2) is 4.79 Å². The lowest BCUT2D eigenvalue weighted by molar-refractivity contribution is -0.134. The van der Waals surface area contributed by atoms with Gasteiger partial charge in [-0.15, -0.1) is 0 Å². The Hall–Kier alpha value is -3.15. The lowest BCUT2D eigenvalue weighted by Gasteiger charge is -2.31. The van der Waals surface area contributed by atoms with E-state index in [2.05, 4.69) is 19.7 Å². The molecule has 0 saturated carbocycles. The number of allylic oxidation sites excluding steroid dienone is 6. The van der Waals surface area contributed by atoms with Crippen molar-refractivity contribution in [3.63, 3.8) is 0 Å². The van der Waals surface area contributed by atoms with E-state index in [-0.39, 0.29) is 5.57 Å². The molecule has 0 radical (unpaired) electrons. The molecule has 2 rings (SSSR count). The van der Waals surface area contributed by atoms with Crippen LogP contribution in [0.2, 0.25) is 0 Å². The SMILES string of the molecule is C=CC1=CC(=C2C(=O)N(C)C(=O)N(C)C2=O)C(C=C)=C(C=C)O1.CC. The highest BCUT2D eigenvalue weighted by Crippen LogP contribution is 2.32. The molecule has 25 heavy (non-hydrogen) atoms. The van der Waals surface area contributed by atoms with E-state index >= 15 is 0 Å². The summed E-state index contributed by atoms with van der Waals surface area (Å²) in [5.41, 5.74) is 0.627. The van der Waals surface area contributed by atoms with Crippen molar-refractivity contribution in [3.05, 3.63) is 72.3 Å². The molecule has 0 unspecified atom stereocenters. The quantitative estimate of drug-likeness (QED) is 0.584. The first-order valence-corrected chi connectivity index (χ1v) is 7.73. The van der Waals surface area contributed by atoms with E-state index in [4.69, 9.17) is 4.74 Å².